The van der Waals surface area contributed by atoms with Crippen LogP contribution in [0.2, 0.25) is 0 Å². The second kappa shape index (κ2) is 5.31. The number of benzene rings is 2. The van der Waals surface area contributed by atoms with E-state index in [9.17, 15) is 4.79 Å². The van der Waals surface area contributed by atoms with Crippen molar-refractivity contribution >= 4 is 16.7 Å². The Hall–Kier alpha value is -2.03. The first-order valence-corrected chi connectivity index (χ1v) is 8.02. The molecule has 2 fully saturated rings. The Kier molecular flexibility index (Phi) is 3.29. The van der Waals surface area contributed by atoms with E-state index in [1.165, 1.54) is 19.3 Å². The molecule has 4 rings (SSSR count). The molecule has 2 bridgehead atoms. The molecule has 2 aromatic rings. The molecule has 0 spiro atoms. The van der Waals surface area contributed by atoms with Crippen LogP contribution in [-0.4, -0.2) is 13.1 Å². The molecular formula is C19H20O3. The van der Waals surface area contributed by atoms with Crippen molar-refractivity contribution < 1.29 is 14.3 Å². The van der Waals surface area contributed by atoms with E-state index in [0.717, 1.165) is 28.9 Å². The first-order chi connectivity index (χ1) is 10.7. The van der Waals surface area contributed by atoms with Gasteiger partial charge >= 0.3 is 5.97 Å². The van der Waals surface area contributed by atoms with E-state index in [4.69, 9.17) is 9.47 Å². The van der Waals surface area contributed by atoms with Crippen LogP contribution < -0.4 is 9.47 Å². The minimum absolute atomic E-state index is 0.0468. The highest BCUT2D eigenvalue weighted by Crippen LogP contribution is 2.48. The van der Waals surface area contributed by atoms with E-state index in [-0.39, 0.29) is 11.9 Å². The van der Waals surface area contributed by atoms with Crippen molar-refractivity contribution in [1.82, 2.24) is 0 Å². The van der Waals surface area contributed by atoms with Crippen LogP contribution in [0.15, 0.2) is 36.4 Å². The number of hydrogen-bond acceptors (Lipinski definition) is 3. The van der Waals surface area contributed by atoms with Crippen LogP contribution in [0.3, 0.4) is 0 Å². The van der Waals surface area contributed by atoms with E-state index in [0.29, 0.717) is 11.7 Å². The van der Waals surface area contributed by atoms with Gasteiger partial charge in [0.1, 0.15) is 11.5 Å². The molecule has 3 unspecified atom stereocenters. The average Bonchev–Trinajstić information content (AvgIpc) is 3.17. The van der Waals surface area contributed by atoms with E-state index in [2.05, 4.69) is 0 Å². The fourth-order valence-corrected chi connectivity index (χ4v) is 4.12. The SMILES string of the molecule is COc1ccc2ccc(OC(=O)C3CC4CCC3C4)cc2c1. The summed E-state index contributed by atoms with van der Waals surface area (Å²) in [4.78, 5) is 12.4. The molecule has 0 radical (unpaired) electrons. The Morgan fingerprint density at radius 2 is 1.77 bits per heavy atom. The van der Waals surface area contributed by atoms with Gasteiger partial charge in [-0.05, 0) is 66.1 Å². The fraction of sp³-hybridized carbons (Fsp3) is 0.421. The molecule has 3 nitrogen and oxygen atoms in total. The van der Waals surface area contributed by atoms with Crippen molar-refractivity contribution in [2.75, 3.05) is 7.11 Å². The maximum absolute atomic E-state index is 12.4. The average molecular weight is 296 g/mol. The van der Waals surface area contributed by atoms with Crippen molar-refractivity contribution in [3.05, 3.63) is 36.4 Å². The molecule has 2 aromatic carbocycles. The zero-order valence-electron chi connectivity index (χ0n) is 12.7. The maximum Gasteiger partial charge on any atom is 0.314 e. The summed E-state index contributed by atoms with van der Waals surface area (Å²) in [7, 11) is 1.65. The topological polar surface area (TPSA) is 35.5 Å². The molecule has 2 aliphatic carbocycles. The lowest BCUT2D eigenvalue weighted by molar-refractivity contribution is -0.140. The van der Waals surface area contributed by atoms with Crippen LogP contribution in [-0.2, 0) is 4.79 Å². The van der Waals surface area contributed by atoms with Gasteiger partial charge < -0.3 is 9.47 Å². The Morgan fingerprint density at radius 3 is 2.45 bits per heavy atom. The summed E-state index contributed by atoms with van der Waals surface area (Å²) in [5, 5.41) is 2.14. The lowest BCUT2D eigenvalue weighted by Crippen LogP contribution is -2.25. The highest BCUT2D eigenvalue weighted by Gasteiger charge is 2.44. The first kappa shape index (κ1) is 13.6. The third kappa shape index (κ3) is 2.35. The molecule has 0 aromatic heterocycles. The summed E-state index contributed by atoms with van der Waals surface area (Å²) in [6.07, 6.45) is 4.73. The molecule has 0 amide bonds. The summed E-state index contributed by atoms with van der Waals surface area (Å²) < 4.78 is 10.9. The number of hydrogen-bond donors (Lipinski definition) is 0. The van der Waals surface area contributed by atoms with Gasteiger partial charge in [-0.2, -0.15) is 0 Å². The van der Waals surface area contributed by atoms with Crippen molar-refractivity contribution in [2.24, 2.45) is 17.8 Å². The van der Waals surface area contributed by atoms with Crippen LogP contribution in [0.25, 0.3) is 10.8 Å². The molecule has 0 N–H and O–H groups in total. The summed E-state index contributed by atoms with van der Waals surface area (Å²) >= 11 is 0. The molecule has 22 heavy (non-hydrogen) atoms. The predicted molar refractivity (Wildman–Crippen MR) is 85.1 cm³/mol. The van der Waals surface area contributed by atoms with Gasteiger partial charge in [-0.3, -0.25) is 4.79 Å². The predicted octanol–water partition coefficient (Wildman–Crippen LogP) is 4.19. The number of esters is 1. The van der Waals surface area contributed by atoms with Gasteiger partial charge in [-0.1, -0.05) is 18.6 Å². The smallest absolute Gasteiger partial charge is 0.314 e. The Bertz CT molecular complexity index is 722. The van der Waals surface area contributed by atoms with Gasteiger partial charge in [0.25, 0.3) is 0 Å². The monoisotopic (exact) mass is 296 g/mol. The van der Waals surface area contributed by atoms with Crippen molar-refractivity contribution in [3.63, 3.8) is 0 Å². The number of carbonyl (C=O) groups excluding carboxylic acids is 1. The summed E-state index contributed by atoms with van der Waals surface area (Å²) in [6, 6.07) is 11.7. The van der Waals surface area contributed by atoms with Gasteiger partial charge in [0.2, 0.25) is 0 Å². The van der Waals surface area contributed by atoms with E-state index in [1.54, 1.807) is 7.11 Å². The lowest BCUT2D eigenvalue weighted by atomic mass is 9.89. The van der Waals surface area contributed by atoms with E-state index in [1.807, 2.05) is 36.4 Å². The number of ether oxygens (including phenoxy) is 2. The Balaban J connectivity index is 1.54. The molecule has 3 atom stereocenters. The highest BCUT2D eigenvalue weighted by atomic mass is 16.5. The van der Waals surface area contributed by atoms with E-state index >= 15 is 0 Å². The van der Waals surface area contributed by atoms with Gasteiger partial charge in [-0.25, -0.2) is 0 Å². The Morgan fingerprint density at radius 1 is 1.00 bits per heavy atom. The minimum atomic E-state index is -0.0468. The van der Waals surface area contributed by atoms with E-state index < -0.39 is 0 Å². The molecule has 2 saturated carbocycles. The number of fused-ring (bicyclic) bond motifs is 3. The van der Waals surface area contributed by atoms with Crippen molar-refractivity contribution in [3.8, 4) is 11.5 Å². The molecule has 2 aliphatic rings. The van der Waals surface area contributed by atoms with Crippen LogP contribution in [0.4, 0.5) is 0 Å². The number of methoxy groups -OCH3 is 1. The molecule has 3 heteroatoms. The summed E-state index contributed by atoms with van der Waals surface area (Å²) in [5.41, 5.74) is 0. The second-order valence-electron chi connectivity index (χ2n) is 6.58. The van der Waals surface area contributed by atoms with Gasteiger partial charge in [0.05, 0.1) is 13.0 Å². The zero-order chi connectivity index (χ0) is 15.1. The highest BCUT2D eigenvalue weighted by molar-refractivity contribution is 5.86. The zero-order valence-corrected chi connectivity index (χ0v) is 12.7. The number of carbonyl (C=O) groups is 1. The maximum atomic E-state index is 12.4. The Labute approximate surface area is 130 Å². The standard InChI is InChI=1S/C19H20O3/c1-21-16-6-4-13-5-7-17(11-15(13)10-16)22-19(20)18-9-12-2-3-14(18)8-12/h4-7,10-12,14,18H,2-3,8-9H2,1H3. The number of rotatable bonds is 3. The van der Waals surface area contributed by atoms with Crippen LogP contribution in [0.1, 0.15) is 25.7 Å². The van der Waals surface area contributed by atoms with Gasteiger partial charge in [0.15, 0.2) is 0 Å². The van der Waals surface area contributed by atoms with Crippen LogP contribution in [0.5, 0.6) is 11.5 Å². The normalized spacial score (nSPS) is 26.3. The van der Waals surface area contributed by atoms with Crippen molar-refractivity contribution in [2.45, 2.75) is 25.7 Å². The van der Waals surface area contributed by atoms with Crippen LogP contribution >= 0.6 is 0 Å². The minimum Gasteiger partial charge on any atom is -0.497 e. The molecular weight excluding hydrogens is 276 g/mol. The summed E-state index contributed by atoms with van der Waals surface area (Å²) in [5.74, 6) is 2.81. The van der Waals surface area contributed by atoms with Gasteiger partial charge in [0, 0.05) is 0 Å². The lowest BCUT2D eigenvalue weighted by Gasteiger charge is -2.19. The fourth-order valence-electron chi connectivity index (χ4n) is 4.12. The third-order valence-corrected chi connectivity index (χ3v) is 5.28. The molecule has 0 saturated heterocycles. The molecule has 0 aliphatic heterocycles. The summed E-state index contributed by atoms with van der Waals surface area (Å²) in [6.45, 7) is 0. The second-order valence-corrected chi connectivity index (χ2v) is 6.58. The largest absolute Gasteiger partial charge is 0.497 e. The quantitative estimate of drug-likeness (QED) is 0.629. The molecule has 0 heterocycles. The first-order valence-electron chi connectivity index (χ1n) is 8.02. The molecule has 114 valence electrons. The van der Waals surface area contributed by atoms with Crippen molar-refractivity contribution in [1.29, 1.82) is 0 Å². The van der Waals surface area contributed by atoms with Crippen LogP contribution in [0, 0.1) is 17.8 Å². The van der Waals surface area contributed by atoms with Gasteiger partial charge in [-0.15, -0.1) is 0 Å². The third-order valence-electron chi connectivity index (χ3n) is 5.28.